The normalized spacial score (nSPS) is 15.1. The van der Waals surface area contributed by atoms with Crippen LogP contribution in [0.2, 0.25) is 5.02 Å². The van der Waals surface area contributed by atoms with Crippen molar-refractivity contribution in [3.63, 3.8) is 0 Å². The van der Waals surface area contributed by atoms with Crippen LogP contribution in [0.3, 0.4) is 0 Å². The minimum absolute atomic E-state index is 0.00478. The summed E-state index contributed by atoms with van der Waals surface area (Å²) in [4.78, 5) is 31.4. The predicted octanol–water partition coefficient (Wildman–Crippen LogP) is 5.13. The molecule has 0 bridgehead atoms. The van der Waals surface area contributed by atoms with Crippen LogP contribution in [0.4, 0.5) is 0 Å². The number of fused-ring (bicyclic) bond motifs is 1. The first-order valence-electron chi connectivity index (χ1n) is 10.1. The molecule has 1 aliphatic rings. The van der Waals surface area contributed by atoms with E-state index in [4.69, 9.17) is 16.2 Å². The number of halogens is 1. The van der Waals surface area contributed by atoms with Crippen LogP contribution in [0.25, 0.3) is 27.6 Å². The minimum Gasteiger partial charge on any atom is -0.294 e. The molecule has 0 radical (unpaired) electrons. The molecule has 32 heavy (non-hydrogen) atoms. The van der Waals surface area contributed by atoms with Gasteiger partial charge in [0.1, 0.15) is 10.7 Å². The summed E-state index contributed by atoms with van der Waals surface area (Å²) in [5.74, 6) is 0.294. The van der Waals surface area contributed by atoms with Gasteiger partial charge in [-0.05, 0) is 42.1 Å². The van der Waals surface area contributed by atoms with Crippen molar-refractivity contribution < 1.29 is 9.42 Å². The van der Waals surface area contributed by atoms with Crippen molar-refractivity contribution >= 4 is 28.7 Å². The molecule has 0 atom stereocenters. The van der Waals surface area contributed by atoms with E-state index in [0.717, 1.165) is 11.3 Å². The molecule has 162 valence electrons. The number of aromatic nitrogens is 4. The first kappa shape index (κ1) is 20.8. The van der Waals surface area contributed by atoms with Crippen LogP contribution in [0.15, 0.2) is 45.1 Å². The summed E-state index contributed by atoms with van der Waals surface area (Å²) >= 11 is 7.34. The maximum absolute atomic E-state index is 13.7. The van der Waals surface area contributed by atoms with Gasteiger partial charge in [-0.25, -0.2) is 9.61 Å². The second-order valence-corrected chi connectivity index (χ2v) is 10.0. The molecule has 9 heteroatoms. The molecule has 7 nitrogen and oxygen atoms in total. The zero-order chi connectivity index (χ0) is 22.6. The maximum Gasteiger partial charge on any atom is 0.267 e. The molecule has 0 aliphatic heterocycles. The molecule has 1 aliphatic carbocycles. The van der Waals surface area contributed by atoms with E-state index in [1.165, 1.54) is 15.9 Å². The third-order valence-electron chi connectivity index (χ3n) is 5.60. The lowest BCUT2D eigenvalue weighted by molar-refractivity contribution is 0.0908. The van der Waals surface area contributed by atoms with E-state index >= 15 is 0 Å². The molecule has 5 rings (SSSR count). The Morgan fingerprint density at radius 2 is 1.84 bits per heavy atom. The van der Waals surface area contributed by atoms with E-state index in [1.54, 1.807) is 25.1 Å². The number of benzene rings is 1. The Labute approximate surface area is 192 Å². The maximum atomic E-state index is 13.7. The number of thiazole rings is 1. The lowest BCUT2D eigenvalue weighted by atomic mass is 9.75. The molecule has 3 heterocycles. The first-order valence-corrected chi connectivity index (χ1v) is 11.3. The summed E-state index contributed by atoms with van der Waals surface area (Å²) in [7, 11) is 0. The highest BCUT2D eigenvalue weighted by molar-refractivity contribution is 7.13. The molecule has 0 fully saturated rings. The first-order chi connectivity index (χ1) is 15.2. The van der Waals surface area contributed by atoms with Gasteiger partial charge < -0.3 is 0 Å². The Kier molecular flexibility index (Phi) is 4.87. The van der Waals surface area contributed by atoms with Crippen LogP contribution >= 0.6 is 22.9 Å². The number of rotatable bonds is 3. The van der Waals surface area contributed by atoms with Crippen molar-refractivity contribution in [2.75, 3.05) is 0 Å². The third-order valence-corrected chi connectivity index (χ3v) is 6.73. The van der Waals surface area contributed by atoms with E-state index in [9.17, 15) is 9.59 Å². The van der Waals surface area contributed by atoms with Crippen LogP contribution in [0.5, 0.6) is 0 Å². The smallest absolute Gasteiger partial charge is 0.267 e. The summed E-state index contributed by atoms with van der Waals surface area (Å²) in [6.45, 7) is 5.75. The molecular weight excluding hydrogens is 448 g/mol. The fourth-order valence-corrected chi connectivity index (χ4v) is 5.03. The molecular formula is C23H19ClN4O3S. The molecule has 0 unspecified atom stereocenters. The number of pyridine rings is 1. The molecule has 0 saturated heterocycles. The summed E-state index contributed by atoms with van der Waals surface area (Å²) in [6.07, 6.45) is 0.964. The molecule has 4 aromatic rings. The largest absolute Gasteiger partial charge is 0.294 e. The van der Waals surface area contributed by atoms with Gasteiger partial charge >= 0.3 is 0 Å². The van der Waals surface area contributed by atoms with Gasteiger partial charge in [-0.1, -0.05) is 42.7 Å². The second kappa shape index (κ2) is 7.50. The highest BCUT2D eigenvalue weighted by Gasteiger charge is 2.35. The molecule has 0 amide bonds. The Bertz CT molecular complexity index is 1420. The Morgan fingerprint density at radius 3 is 2.53 bits per heavy atom. The molecule has 0 saturated carbocycles. The van der Waals surface area contributed by atoms with Crippen molar-refractivity contribution in [1.29, 1.82) is 0 Å². The predicted molar refractivity (Wildman–Crippen MR) is 123 cm³/mol. The molecule has 1 aromatic carbocycles. The number of hydrogen-bond donors (Lipinski definition) is 0. The number of nitrogens with zero attached hydrogens (tertiary/aromatic N) is 4. The molecule has 3 aromatic heterocycles. The highest BCUT2D eigenvalue weighted by Crippen LogP contribution is 2.37. The van der Waals surface area contributed by atoms with E-state index < -0.39 is 0 Å². The van der Waals surface area contributed by atoms with Gasteiger partial charge in [0.05, 0.1) is 11.3 Å². The number of carbonyl (C=O) groups excluding carboxylic acids is 1. The monoisotopic (exact) mass is 466 g/mol. The van der Waals surface area contributed by atoms with Crippen LogP contribution in [0, 0.1) is 12.3 Å². The Hall–Kier alpha value is -3.10. The van der Waals surface area contributed by atoms with Gasteiger partial charge in [0.25, 0.3) is 5.56 Å². The second-order valence-electron chi connectivity index (χ2n) is 8.72. The zero-order valence-corrected chi connectivity index (χ0v) is 19.3. The highest BCUT2D eigenvalue weighted by atomic mass is 35.5. The average molecular weight is 467 g/mol. The third kappa shape index (κ3) is 3.49. The summed E-state index contributed by atoms with van der Waals surface area (Å²) in [5.41, 5.74) is 3.03. The van der Waals surface area contributed by atoms with E-state index in [0.29, 0.717) is 51.2 Å². The number of aryl methyl sites for hydroxylation is 1. The SMILES string of the molecule is Cc1nonc1-n1c2c(cc(-c3nc(-c4ccc(Cl)cc4)cs3)c1=O)C(=O)CC(C)(C)C2. The fourth-order valence-electron chi connectivity index (χ4n) is 4.07. The Balaban J connectivity index is 1.72. The van der Waals surface area contributed by atoms with Gasteiger partial charge in [-0.15, -0.1) is 11.3 Å². The van der Waals surface area contributed by atoms with Gasteiger partial charge in [-0.3, -0.25) is 14.2 Å². The quantitative estimate of drug-likeness (QED) is 0.415. The van der Waals surface area contributed by atoms with Crippen molar-refractivity contribution in [1.82, 2.24) is 19.9 Å². The van der Waals surface area contributed by atoms with Crippen LogP contribution < -0.4 is 5.56 Å². The molecule has 0 N–H and O–H groups in total. The minimum atomic E-state index is -0.301. The molecule has 0 spiro atoms. The van der Waals surface area contributed by atoms with E-state index in [2.05, 4.69) is 15.3 Å². The van der Waals surface area contributed by atoms with E-state index in [-0.39, 0.29) is 16.8 Å². The number of carbonyl (C=O) groups is 1. The van der Waals surface area contributed by atoms with Crippen molar-refractivity contribution in [3.05, 3.63) is 68.0 Å². The van der Waals surface area contributed by atoms with Gasteiger partial charge in [0, 0.05) is 33.6 Å². The zero-order valence-electron chi connectivity index (χ0n) is 17.7. The summed E-state index contributed by atoms with van der Waals surface area (Å²) in [6, 6.07) is 9.02. The number of Topliss-reactive ketones (excluding diaryl/α,β-unsaturated/α-hetero) is 1. The topological polar surface area (TPSA) is 90.9 Å². The van der Waals surface area contributed by atoms with Crippen LogP contribution in [-0.2, 0) is 6.42 Å². The lowest BCUT2D eigenvalue weighted by Crippen LogP contribution is -2.35. The van der Waals surface area contributed by atoms with Gasteiger partial charge in [0.15, 0.2) is 5.78 Å². The van der Waals surface area contributed by atoms with Crippen LogP contribution in [-0.4, -0.2) is 25.6 Å². The van der Waals surface area contributed by atoms with Crippen molar-refractivity contribution in [2.45, 2.75) is 33.6 Å². The van der Waals surface area contributed by atoms with Gasteiger partial charge in [0.2, 0.25) is 5.82 Å². The van der Waals surface area contributed by atoms with Crippen LogP contribution in [0.1, 0.15) is 42.0 Å². The summed E-state index contributed by atoms with van der Waals surface area (Å²) in [5, 5.41) is 10.9. The average Bonchev–Trinajstić information content (AvgIpc) is 3.37. The van der Waals surface area contributed by atoms with Crippen molar-refractivity contribution in [2.24, 2.45) is 5.41 Å². The number of hydrogen-bond acceptors (Lipinski definition) is 7. The Morgan fingerprint density at radius 1 is 1.09 bits per heavy atom. The number of ketones is 1. The summed E-state index contributed by atoms with van der Waals surface area (Å²) < 4.78 is 6.34. The van der Waals surface area contributed by atoms with Crippen molar-refractivity contribution in [3.8, 4) is 27.6 Å². The lowest BCUT2D eigenvalue weighted by Gasteiger charge is -2.31. The van der Waals surface area contributed by atoms with Gasteiger partial charge in [-0.2, -0.15) is 0 Å². The van der Waals surface area contributed by atoms with E-state index in [1.807, 2.05) is 31.4 Å². The standard InChI is InChI=1S/C23H19ClN4O3S/c1-12-20(27-31-26-12)28-18-9-23(2,3)10-19(29)15(18)8-16(22(28)30)21-25-17(11-32-21)13-4-6-14(24)7-5-13/h4-8,11H,9-10H2,1-3H3. The fraction of sp³-hybridized carbons (Fsp3) is 0.261.